The third-order valence-electron chi connectivity index (χ3n) is 8.32. The van der Waals surface area contributed by atoms with Crippen molar-refractivity contribution in [3.63, 3.8) is 0 Å². The van der Waals surface area contributed by atoms with E-state index >= 15 is 0 Å². The molecule has 4 heteroatoms. The molecule has 2 saturated carbocycles. The minimum Gasteiger partial charge on any atom is -0.481 e. The molecule has 1 heterocycles. The van der Waals surface area contributed by atoms with E-state index in [-0.39, 0.29) is 22.7 Å². The number of piperidine rings is 1. The van der Waals surface area contributed by atoms with Gasteiger partial charge in [0.2, 0.25) is 5.91 Å². The molecule has 0 unspecified atom stereocenters. The first-order valence-electron chi connectivity index (χ1n) is 9.49. The summed E-state index contributed by atoms with van der Waals surface area (Å²) in [6.45, 7) is 4.59. The van der Waals surface area contributed by atoms with Crippen molar-refractivity contribution in [1.82, 2.24) is 4.90 Å². The minimum atomic E-state index is -0.598. The molecule has 1 N–H and O–H groups in total. The van der Waals surface area contributed by atoms with E-state index in [1.807, 2.05) is 11.9 Å². The maximum Gasteiger partial charge on any atom is 0.307 e. The maximum atomic E-state index is 12.1. The maximum absolute atomic E-state index is 12.1. The van der Waals surface area contributed by atoms with Crippen molar-refractivity contribution in [2.45, 2.75) is 58.8 Å². The van der Waals surface area contributed by atoms with E-state index in [0.717, 1.165) is 38.5 Å². The Hall–Kier alpha value is -1.32. The van der Waals surface area contributed by atoms with Crippen molar-refractivity contribution in [1.29, 1.82) is 0 Å². The molecule has 3 aliphatic carbocycles. The van der Waals surface area contributed by atoms with E-state index in [1.165, 1.54) is 5.70 Å². The van der Waals surface area contributed by atoms with Crippen LogP contribution in [0.25, 0.3) is 0 Å². The van der Waals surface area contributed by atoms with Gasteiger partial charge in [0.15, 0.2) is 0 Å². The average Bonchev–Trinajstić information content (AvgIpc) is 2.89. The zero-order chi connectivity index (χ0) is 17.3. The Labute approximate surface area is 144 Å². The fourth-order valence-electron chi connectivity index (χ4n) is 6.99. The van der Waals surface area contributed by atoms with Crippen LogP contribution in [0.5, 0.6) is 0 Å². The minimum absolute atomic E-state index is 0.0366. The number of nitrogens with zero attached hydrogens (tertiary/aromatic N) is 1. The van der Waals surface area contributed by atoms with Crippen molar-refractivity contribution in [3.05, 3.63) is 11.8 Å². The quantitative estimate of drug-likeness (QED) is 0.797. The lowest BCUT2D eigenvalue weighted by atomic mass is 9.49. The molecular weight excluding hydrogens is 302 g/mol. The lowest BCUT2D eigenvalue weighted by Gasteiger charge is -2.58. The van der Waals surface area contributed by atoms with Gasteiger partial charge in [0.1, 0.15) is 0 Å². The van der Waals surface area contributed by atoms with Crippen LogP contribution in [0.3, 0.4) is 0 Å². The van der Waals surface area contributed by atoms with E-state index in [1.54, 1.807) is 0 Å². The Morgan fingerprint density at radius 2 is 1.96 bits per heavy atom. The molecule has 0 aromatic rings. The molecule has 1 saturated heterocycles. The molecule has 4 aliphatic rings. The summed E-state index contributed by atoms with van der Waals surface area (Å²) in [4.78, 5) is 25.7. The van der Waals surface area contributed by atoms with Crippen LogP contribution in [-0.4, -0.2) is 28.9 Å². The van der Waals surface area contributed by atoms with Gasteiger partial charge in [-0.25, -0.2) is 0 Å². The van der Waals surface area contributed by atoms with Gasteiger partial charge in [0.25, 0.3) is 0 Å². The van der Waals surface area contributed by atoms with Crippen molar-refractivity contribution in [3.8, 4) is 0 Å². The number of hydrogen-bond acceptors (Lipinski definition) is 2. The largest absolute Gasteiger partial charge is 0.481 e. The summed E-state index contributed by atoms with van der Waals surface area (Å²) in [6, 6.07) is 0. The van der Waals surface area contributed by atoms with Crippen molar-refractivity contribution in [2.24, 2.45) is 34.5 Å². The van der Waals surface area contributed by atoms with Gasteiger partial charge in [-0.15, -0.1) is 0 Å². The van der Waals surface area contributed by atoms with Gasteiger partial charge in [0.05, 0.1) is 5.92 Å². The molecule has 3 fully saturated rings. The second-order valence-corrected chi connectivity index (χ2v) is 9.08. The van der Waals surface area contributed by atoms with Gasteiger partial charge in [-0.2, -0.15) is 0 Å². The average molecular weight is 331 g/mol. The van der Waals surface area contributed by atoms with Crippen LogP contribution >= 0.6 is 0 Å². The number of amides is 1. The monoisotopic (exact) mass is 331 g/mol. The van der Waals surface area contributed by atoms with Crippen LogP contribution in [0.4, 0.5) is 0 Å². The Morgan fingerprint density at radius 1 is 1.21 bits per heavy atom. The van der Waals surface area contributed by atoms with Crippen molar-refractivity contribution < 1.29 is 14.7 Å². The van der Waals surface area contributed by atoms with Gasteiger partial charge in [0, 0.05) is 24.6 Å². The number of hydrogen-bond donors (Lipinski definition) is 1. The Balaban J connectivity index is 1.69. The predicted molar refractivity (Wildman–Crippen MR) is 91.0 cm³/mol. The van der Waals surface area contributed by atoms with Gasteiger partial charge in [-0.3, -0.25) is 9.59 Å². The van der Waals surface area contributed by atoms with Crippen molar-refractivity contribution >= 4 is 11.9 Å². The van der Waals surface area contributed by atoms with Gasteiger partial charge in [-0.1, -0.05) is 19.9 Å². The number of carbonyl (C=O) groups is 2. The highest BCUT2D eigenvalue weighted by Crippen LogP contribution is 2.65. The van der Waals surface area contributed by atoms with Gasteiger partial charge in [-0.05, 0) is 61.7 Å². The highest BCUT2D eigenvalue weighted by Gasteiger charge is 2.60. The SMILES string of the molecule is CN1C(=O)CC[C@@]2(C)C1=CC[C@@H]1[C@@H]3CC[C@H](C(=O)O)[C@@]3(C)CC[C@@H]12. The predicted octanol–water partition coefficient (Wildman–Crippen LogP) is 3.68. The first-order chi connectivity index (χ1) is 11.3. The Kier molecular flexibility index (Phi) is 3.43. The molecule has 0 spiro atoms. The highest BCUT2D eigenvalue weighted by atomic mass is 16.4. The topological polar surface area (TPSA) is 57.6 Å². The fraction of sp³-hybridized carbons (Fsp3) is 0.800. The number of rotatable bonds is 1. The van der Waals surface area contributed by atoms with E-state index in [2.05, 4.69) is 19.9 Å². The van der Waals surface area contributed by atoms with Crippen molar-refractivity contribution in [2.75, 3.05) is 7.05 Å². The smallest absolute Gasteiger partial charge is 0.307 e. The number of allylic oxidation sites excluding steroid dienone is 2. The molecule has 132 valence electrons. The first-order valence-corrected chi connectivity index (χ1v) is 9.49. The van der Waals surface area contributed by atoms with Crippen LogP contribution in [0.15, 0.2) is 11.8 Å². The van der Waals surface area contributed by atoms with Crippen LogP contribution in [0, 0.1) is 34.5 Å². The zero-order valence-electron chi connectivity index (χ0n) is 15.0. The highest BCUT2D eigenvalue weighted by molar-refractivity contribution is 5.79. The molecule has 0 radical (unpaired) electrons. The summed E-state index contributed by atoms with van der Waals surface area (Å²) >= 11 is 0. The lowest BCUT2D eigenvalue weighted by molar-refractivity contribution is -0.150. The summed E-state index contributed by atoms with van der Waals surface area (Å²) in [5.41, 5.74) is 1.29. The third kappa shape index (κ3) is 1.91. The number of carboxylic acid groups (broad SMARTS) is 1. The summed E-state index contributed by atoms with van der Waals surface area (Å²) in [5.74, 6) is 1.18. The van der Waals surface area contributed by atoms with Gasteiger partial charge < -0.3 is 10.0 Å². The lowest BCUT2D eigenvalue weighted by Crippen LogP contribution is -2.53. The van der Waals surface area contributed by atoms with Crippen LogP contribution in [0.1, 0.15) is 58.8 Å². The van der Waals surface area contributed by atoms with E-state index in [0.29, 0.717) is 24.2 Å². The third-order valence-corrected chi connectivity index (χ3v) is 8.32. The molecule has 1 aliphatic heterocycles. The normalized spacial score (nSPS) is 47.5. The van der Waals surface area contributed by atoms with Crippen LogP contribution in [0.2, 0.25) is 0 Å². The fourth-order valence-corrected chi connectivity index (χ4v) is 6.99. The molecule has 24 heavy (non-hydrogen) atoms. The van der Waals surface area contributed by atoms with E-state index in [4.69, 9.17) is 0 Å². The zero-order valence-corrected chi connectivity index (χ0v) is 15.0. The second kappa shape index (κ2) is 5.09. The molecular formula is C20H29NO3. The number of fused-ring (bicyclic) bond motifs is 5. The number of likely N-dealkylation sites (tertiary alicyclic amines) is 1. The van der Waals surface area contributed by atoms with Crippen LogP contribution < -0.4 is 0 Å². The molecule has 0 aromatic heterocycles. The Bertz CT molecular complexity index is 626. The second-order valence-electron chi connectivity index (χ2n) is 9.08. The molecule has 6 atom stereocenters. The number of carboxylic acids is 1. The summed E-state index contributed by atoms with van der Waals surface area (Å²) < 4.78 is 0. The van der Waals surface area contributed by atoms with Crippen LogP contribution in [-0.2, 0) is 9.59 Å². The Morgan fingerprint density at radius 3 is 2.67 bits per heavy atom. The summed E-state index contributed by atoms with van der Waals surface area (Å²) in [6.07, 6.45) is 8.95. The standard InChI is InChI=1S/C20H29NO3/c1-19-10-8-14-12(13(19)5-6-15(19)18(23)24)4-7-16-20(14,2)11-9-17(22)21(16)3/h7,12-15H,4-6,8-11H2,1-3H3,(H,23,24)/t12-,13+,14+,15-,19+,20-/m1/s1. The molecule has 0 aromatic carbocycles. The molecule has 4 nitrogen and oxygen atoms in total. The first kappa shape index (κ1) is 16.2. The molecule has 0 bridgehead atoms. The molecule has 1 amide bonds. The summed E-state index contributed by atoms with van der Waals surface area (Å²) in [7, 11) is 1.93. The number of aliphatic carboxylic acids is 1. The number of carbonyl (C=O) groups excluding carboxylic acids is 1. The van der Waals surface area contributed by atoms with Gasteiger partial charge >= 0.3 is 5.97 Å². The van der Waals surface area contributed by atoms with E-state index in [9.17, 15) is 14.7 Å². The summed E-state index contributed by atoms with van der Waals surface area (Å²) in [5, 5.41) is 9.66. The molecule has 4 rings (SSSR count). The van der Waals surface area contributed by atoms with E-state index < -0.39 is 5.97 Å².